The molecule has 0 radical (unpaired) electrons. The number of aromatic nitrogens is 1. The SMILES string of the molecule is Cc1cccc(CN2C[C@@H](Cc3ccncc3)[C@H](O)C2)c1. The molecule has 0 unspecified atom stereocenters. The van der Waals surface area contributed by atoms with Gasteiger partial charge in [0.15, 0.2) is 0 Å². The van der Waals surface area contributed by atoms with Gasteiger partial charge in [0.25, 0.3) is 0 Å². The summed E-state index contributed by atoms with van der Waals surface area (Å²) in [7, 11) is 0. The van der Waals surface area contributed by atoms with E-state index in [1.807, 2.05) is 24.5 Å². The lowest BCUT2D eigenvalue weighted by Gasteiger charge is -2.16. The fourth-order valence-corrected chi connectivity index (χ4v) is 3.16. The molecule has 3 heteroatoms. The van der Waals surface area contributed by atoms with Gasteiger partial charge in [-0.25, -0.2) is 0 Å². The molecule has 2 aromatic rings. The topological polar surface area (TPSA) is 36.4 Å². The largest absolute Gasteiger partial charge is 0.391 e. The van der Waals surface area contributed by atoms with Crippen LogP contribution in [-0.2, 0) is 13.0 Å². The summed E-state index contributed by atoms with van der Waals surface area (Å²) < 4.78 is 0. The average Bonchev–Trinajstić information content (AvgIpc) is 2.80. The maximum Gasteiger partial charge on any atom is 0.0710 e. The Balaban J connectivity index is 1.61. The lowest BCUT2D eigenvalue weighted by Crippen LogP contribution is -2.21. The molecule has 3 rings (SSSR count). The van der Waals surface area contributed by atoms with Crippen molar-refractivity contribution in [1.29, 1.82) is 0 Å². The highest BCUT2D eigenvalue weighted by Crippen LogP contribution is 2.23. The van der Waals surface area contributed by atoms with Crippen LogP contribution in [0.25, 0.3) is 0 Å². The molecule has 1 aromatic carbocycles. The number of likely N-dealkylation sites (tertiary alicyclic amines) is 1. The summed E-state index contributed by atoms with van der Waals surface area (Å²) >= 11 is 0. The van der Waals surface area contributed by atoms with Gasteiger partial charge < -0.3 is 5.11 Å². The summed E-state index contributed by atoms with van der Waals surface area (Å²) in [5, 5.41) is 10.3. The normalized spacial score (nSPS) is 22.6. The van der Waals surface area contributed by atoms with Crippen molar-refractivity contribution in [2.75, 3.05) is 13.1 Å². The number of aliphatic hydroxyl groups excluding tert-OH is 1. The molecule has 0 aliphatic carbocycles. The third-order valence-electron chi connectivity index (χ3n) is 4.22. The number of hydrogen-bond donors (Lipinski definition) is 1. The average molecular weight is 282 g/mol. The molecule has 1 fully saturated rings. The van der Waals surface area contributed by atoms with Crippen molar-refractivity contribution in [3.8, 4) is 0 Å². The van der Waals surface area contributed by atoms with E-state index in [-0.39, 0.29) is 6.10 Å². The molecule has 2 heterocycles. The Morgan fingerprint density at radius 3 is 2.71 bits per heavy atom. The first-order valence-electron chi connectivity index (χ1n) is 7.55. The van der Waals surface area contributed by atoms with Gasteiger partial charge in [-0.2, -0.15) is 0 Å². The van der Waals surface area contributed by atoms with Gasteiger partial charge in [-0.3, -0.25) is 9.88 Å². The van der Waals surface area contributed by atoms with Gasteiger partial charge in [-0.15, -0.1) is 0 Å². The van der Waals surface area contributed by atoms with Crippen LogP contribution in [0, 0.1) is 12.8 Å². The molecule has 1 aliphatic heterocycles. The molecular weight excluding hydrogens is 260 g/mol. The number of aryl methyl sites for hydroxylation is 1. The summed E-state index contributed by atoms with van der Waals surface area (Å²) in [5.41, 5.74) is 3.87. The second-order valence-corrected chi connectivity index (χ2v) is 6.07. The predicted molar refractivity (Wildman–Crippen MR) is 83.9 cm³/mol. The molecule has 1 N–H and O–H groups in total. The molecular formula is C18H22N2O. The Kier molecular flexibility index (Phi) is 4.32. The third-order valence-corrected chi connectivity index (χ3v) is 4.22. The van der Waals surface area contributed by atoms with E-state index >= 15 is 0 Å². The van der Waals surface area contributed by atoms with Gasteiger partial charge >= 0.3 is 0 Å². The number of benzene rings is 1. The van der Waals surface area contributed by atoms with E-state index in [9.17, 15) is 5.11 Å². The van der Waals surface area contributed by atoms with Gasteiger partial charge in [-0.05, 0) is 36.6 Å². The molecule has 1 saturated heterocycles. The summed E-state index contributed by atoms with van der Waals surface area (Å²) in [6.07, 6.45) is 4.33. The van der Waals surface area contributed by atoms with E-state index in [4.69, 9.17) is 0 Å². The zero-order valence-corrected chi connectivity index (χ0v) is 12.4. The fraction of sp³-hybridized carbons (Fsp3) is 0.389. The highest BCUT2D eigenvalue weighted by Gasteiger charge is 2.31. The lowest BCUT2D eigenvalue weighted by atomic mass is 9.97. The minimum Gasteiger partial charge on any atom is -0.391 e. The molecule has 0 saturated carbocycles. The Morgan fingerprint density at radius 2 is 1.95 bits per heavy atom. The molecule has 0 spiro atoms. The second kappa shape index (κ2) is 6.37. The summed E-state index contributed by atoms with van der Waals surface area (Å²) in [6.45, 7) is 4.77. The summed E-state index contributed by atoms with van der Waals surface area (Å²) in [4.78, 5) is 6.40. The quantitative estimate of drug-likeness (QED) is 0.935. The fourth-order valence-electron chi connectivity index (χ4n) is 3.16. The van der Waals surface area contributed by atoms with Gasteiger partial charge in [0.1, 0.15) is 0 Å². The van der Waals surface area contributed by atoms with Crippen LogP contribution >= 0.6 is 0 Å². The van der Waals surface area contributed by atoms with Crippen molar-refractivity contribution in [2.45, 2.75) is 26.0 Å². The minimum atomic E-state index is -0.233. The summed E-state index contributed by atoms with van der Waals surface area (Å²) in [6, 6.07) is 12.7. The van der Waals surface area contributed by atoms with Crippen LogP contribution in [0.5, 0.6) is 0 Å². The Hall–Kier alpha value is -1.71. The number of aliphatic hydroxyl groups is 1. The molecule has 21 heavy (non-hydrogen) atoms. The van der Waals surface area contributed by atoms with E-state index in [0.717, 1.165) is 26.1 Å². The molecule has 1 aliphatic rings. The van der Waals surface area contributed by atoms with Crippen molar-refractivity contribution in [3.63, 3.8) is 0 Å². The van der Waals surface area contributed by atoms with Crippen LogP contribution < -0.4 is 0 Å². The number of β-amino-alcohol motifs (C(OH)–C–C–N with tert-alkyl or cyclic N) is 1. The minimum absolute atomic E-state index is 0.233. The van der Waals surface area contributed by atoms with Gasteiger partial charge in [0.2, 0.25) is 0 Å². The Labute approximate surface area is 126 Å². The summed E-state index contributed by atoms with van der Waals surface area (Å²) in [5.74, 6) is 0.317. The number of pyridine rings is 1. The van der Waals surface area contributed by atoms with Crippen molar-refractivity contribution in [1.82, 2.24) is 9.88 Å². The lowest BCUT2D eigenvalue weighted by molar-refractivity contribution is 0.141. The molecule has 2 atom stereocenters. The highest BCUT2D eigenvalue weighted by atomic mass is 16.3. The predicted octanol–water partition coefficient (Wildman–Crippen LogP) is 2.43. The van der Waals surface area contributed by atoms with Crippen molar-refractivity contribution < 1.29 is 5.11 Å². The standard InChI is InChI=1S/C18H22N2O/c1-14-3-2-4-16(9-14)11-20-12-17(18(21)13-20)10-15-5-7-19-8-6-15/h2-9,17-18,21H,10-13H2,1H3/t17-,18-/m1/s1. The Bertz CT molecular complexity index is 585. The van der Waals surface area contributed by atoms with Crippen LogP contribution in [0.1, 0.15) is 16.7 Å². The number of nitrogens with zero attached hydrogens (tertiary/aromatic N) is 2. The van der Waals surface area contributed by atoms with Crippen LogP contribution in [0.15, 0.2) is 48.8 Å². The first-order valence-corrected chi connectivity index (χ1v) is 7.55. The maximum atomic E-state index is 10.3. The number of rotatable bonds is 4. The highest BCUT2D eigenvalue weighted by molar-refractivity contribution is 5.22. The van der Waals surface area contributed by atoms with E-state index in [0.29, 0.717) is 5.92 Å². The monoisotopic (exact) mass is 282 g/mol. The molecule has 3 nitrogen and oxygen atoms in total. The maximum absolute atomic E-state index is 10.3. The first kappa shape index (κ1) is 14.2. The van der Waals surface area contributed by atoms with Crippen LogP contribution in [0.2, 0.25) is 0 Å². The van der Waals surface area contributed by atoms with Gasteiger partial charge in [0.05, 0.1) is 6.10 Å². The van der Waals surface area contributed by atoms with Crippen LogP contribution in [0.4, 0.5) is 0 Å². The molecule has 1 aromatic heterocycles. The van der Waals surface area contributed by atoms with E-state index < -0.39 is 0 Å². The number of hydrogen-bond acceptors (Lipinski definition) is 3. The molecule has 0 amide bonds. The van der Waals surface area contributed by atoms with Crippen molar-refractivity contribution in [2.24, 2.45) is 5.92 Å². The molecule has 0 bridgehead atoms. The van der Waals surface area contributed by atoms with Crippen molar-refractivity contribution >= 4 is 0 Å². The Morgan fingerprint density at radius 1 is 1.14 bits per heavy atom. The van der Waals surface area contributed by atoms with Crippen LogP contribution in [-0.4, -0.2) is 34.2 Å². The molecule has 110 valence electrons. The zero-order chi connectivity index (χ0) is 14.7. The van der Waals surface area contributed by atoms with Gasteiger partial charge in [0, 0.05) is 37.9 Å². The second-order valence-electron chi connectivity index (χ2n) is 6.07. The van der Waals surface area contributed by atoms with Crippen molar-refractivity contribution in [3.05, 3.63) is 65.5 Å². The third kappa shape index (κ3) is 3.69. The van der Waals surface area contributed by atoms with Crippen LogP contribution in [0.3, 0.4) is 0 Å². The van der Waals surface area contributed by atoms with E-state index in [1.54, 1.807) is 0 Å². The van der Waals surface area contributed by atoms with E-state index in [2.05, 4.69) is 41.1 Å². The first-order chi connectivity index (χ1) is 10.2. The van der Waals surface area contributed by atoms with Gasteiger partial charge in [-0.1, -0.05) is 29.8 Å². The smallest absolute Gasteiger partial charge is 0.0710 e. The zero-order valence-electron chi connectivity index (χ0n) is 12.4. The van der Waals surface area contributed by atoms with E-state index in [1.165, 1.54) is 16.7 Å².